The number of nitrogens with zero attached hydrogens (tertiary/aromatic N) is 4. The van der Waals surface area contributed by atoms with Gasteiger partial charge in [-0.1, -0.05) is 204 Å². The van der Waals surface area contributed by atoms with E-state index in [4.69, 9.17) is 19.9 Å². The van der Waals surface area contributed by atoms with Crippen LogP contribution >= 0.6 is 0 Å². The van der Waals surface area contributed by atoms with E-state index in [1.807, 2.05) is 0 Å². The van der Waals surface area contributed by atoms with Crippen molar-refractivity contribution in [2.24, 2.45) is 0 Å². The predicted molar refractivity (Wildman–Crippen MR) is 280 cm³/mol. The van der Waals surface area contributed by atoms with Gasteiger partial charge in [0.1, 0.15) is 0 Å². The molecule has 10 rings (SSSR count). The monoisotopic (exact) mass is 923 g/mol. The summed E-state index contributed by atoms with van der Waals surface area (Å²) in [7, 11) is 0. The van der Waals surface area contributed by atoms with Crippen molar-refractivity contribution in [2.45, 2.75) is 105 Å². The summed E-state index contributed by atoms with van der Waals surface area (Å²) in [5, 5.41) is 0. The fourth-order valence-electron chi connectivity index (χ4n) is 9.47. The summed E-state index contributed by atoms with van der Waals surface area (Å²) in [4.78, 5) is 22.3. The molecule has 339 valence electrons. The van der Waals surface area contributed by atoms with Crippen molar-refractivity contribution in [2.75, 3.05) is 0 Å². The summed E-state index contributed by atoms with van der Waals surface area (Å²) < 4.78 is 0. The molecule has 4 aromatic carbocycles. The normalized spacial score (nSPS) is 13.7. The van der Waals surface area contributed by atoms with Crippen molar-refractivity contribution in [3.63, 3.8) is 0 Å². The van der Waals surface area contributed by atoms with Crippen LogP contribution < -0.4 is 9.97 Å². The fraction of sp³-hybridized carbons (Fsp3) is 0.258. The molecular formula is C62H60CuN4. The Hall–Kier alpha value is -6.26. The van der Waals surface area contributed by atoms with Crippen molar-refractivity contribution in [3.05, 3.63) is 189 Å². The molecule has 5 heterocycles. The maximum atomic E-state index is 5.78. The van der Waals surface area contributed by atoms with E-state index in [0.29, 0.717) is 0 Å². The summed E-state index contributed by atoms with van der Waals surface area (Å²) in [5.74, 6) is 0. The standard InChI is InChI=1S/C62H60N4.Cu/c1-59(2,3)41-29-39(30-42(33-41)60(4,5)6)54-48-25-23-45(63-48)35-46-24-26-49(64-46)55(40-31-43(61(7,8)9)34-44(32-40)62(10,11)12)52-36-47-53(37-19-15-13-16-20-37)56(38-21-17-14-18-22-38)57(58(47)66-52)51-28-27-50(54)65-51;/h13-36H,1-12H3;/q-2;+2. The Bertz CT molecular complexity index is 3300. The van der Waals surface area contributed by atoms with Crippen LogP contribution in [-0.4, -0.2) is 9.97 Å². The van der Waals surface area contributed by atoms with Crippen molar-refractivity contribution in [3.8, 4) is 22.3 Å². The molecule has 0 unspecified atom stereocenters. The number of hydrogen-bond donors (Lipinski definition) is 0. The summed E-state index contributed by atoms with van der Waals surface area (Å²) >= 11 is 0. The van der Waals surface area contributed by atoms with E-state index in [9.17, 15) is 0 Å². The fourth-order valence-corrected chi connectivity index (χ4v) is 9.47. The van der Waals surface area contributed by atoms with Gasteiger partial charge in [0.15, 0.2) is 0 Å². The van der Waals surface area contributed by atoms with Crippen LogP contribution in [0.25, 0.3) is 79.8 Å². The molecule has 0 spiro atoms. The van der Waals surface area contributed by atoms with Crippen LogP contribution in [0.5, 0.6) is 0 Å². The Morgan fingerprint density at radius 1 is 0.373 bits per heavy atom. The van der Waals surface area contributed by atoms with Crippen molar-refractivity contribution < 1.29 is 17.1 Å². The minimum absolute atomic E-state index is 0. The Balaban J connectivity index is 0.00000562. The molecule has 2 aliphatic heterocycles. The van der Waals surface area contributed by atoms with E-state index in [0.717, 1.165) is 100 Å². The average Bonchev–Trinajstić information content (AvgIpc) is 4.11. The second-order valence-electron chi connectivity index (χ2n) is 22.5. The third-order valence-corrected chi connectivity index (χ3v) is 13.3. The molecule has 1 radical (unpaired) electrons. The molecule has 0 saturated heterocycles. The van der Waals surface area contributed by atoms with Crippen molar-refractivity contribution in [1.29, 1.82) is 0 Å². The third kappa shape index (κ3) is 8.54. The van der Waals surface area contributed by atoms with Gasteiger partial charge in [0.05, 0.1) is 22.8 Å². The molecule has 0 fully saturated rings. The zero-order valence-corrected chi connectivity index (χ0v) is 41.9. The maximum Gasteiger partial charge on any atom is 2.00 e. The topological polar surface area (TPSA) is 54.0 Å². The molecule has 8 bridgehead atoms. The van der Waals surface area contributed by atoms with Gasteiger partial charge in [-0.05, 0) is 124 Å². The maximum absolute atomic E-state index is 5.78. The van der Waals surface area contributed by atoms with Crippen LogP contribution in [0, 0.1) is 0 Å². The first-order valence-corrected chi connectivity index (χ1v) is 23.5. The molecule has 0 saturated carbocycles. The van der Waals surface area contributed by atoms with Gasteiger partial charge in [0.25, 0.3) is 0 Å². The largest absolute Gasteiger partial charge is 2.00 e. The van der Waals surface area contributed by atoms with Gasteiger partial charge in [0, 0.05) is 0 Å². The van der Waals surface area contributed by atoms with E-state index in [2.05, 4.69) is 229 Å². The van der Waals surface area contributed by atoms with Gasteiger partial charge in [0.2, 0.25) is 0 Å². The predicted octanol–water partition coefficient (Wildman–Crippen LogP) is 15.8. The van der Waals surface area contributed by atoms with Crippen LogP contribution in [-0.2, 0) is 38.7 Å². The van der Waals surface area contributed by atoms with Crippen LogP contribution in [0.15, 0.2) is 121 Å². The number of fused-ring (bicyclic) bond motifs is 8. The van der Waals surface area contributed by atoms with Crippen LogP contribution in [0.4, 0.5) is 0 Å². The molecule has 5 heteroatoms. The molecule has 0 atom stereocenters. The summed E-state index contributed by atoms with van der Waals surface area (Å²) in [6.45, 7) is 27.5. The second-order valence-corrected chi connectivity index (χ2v) is 22.5. The smallest absolute Gasteiger partial charge is 0.657 e. The zero-order chi connectivity index (χ0) is 46.5. The molecule has 0 amide bonds. The van der Waals surface area contributed by atoms with Crippen LogP contribution in [0.3, 0.4) is 0 Å². The summed E-state index contributed by atoms with van der Waals surface area (Å²) in [6, 6.07) is 44.5. The van der Waals surface area contributed by atoms with E-state index in [1.165, 1.54) is 22.3 Å². The van der Waals surface area contributed by atoms with Gasteiger partial charge in [-0.3, -0.25) is 0 Å². The number of rotatable bonds is 4. The molecular weight excluding hydrogens is 864 g/mol. The van der Waals surface area contributed by atoms with E-state index < -0.39 is 0 Å². The van der Waals surface area contributed by atoms with Gasteiger partial charge in [-0.2, -0.15) is 0 Å². The second kappa shape index (κ2) is 16.5. The van der Waals surface area contributed by atoms with Crippen molar-refractivity contribution >= 4 is 57.5 Å². The Labute approximate surface area is 408 Å². The molecule has 3 aromatic heterocycles. The van der Waals surface area contributed by atoms with Gasteiger partial charge < -0.3 is 9.97 Å². The van der Waals surface area contributed by atoms with Crippen LogP contribution in [0.2, 0.25) is 0 Å². The molecule has 67 heavy (non-hydrogen) atoms. The Kier molecular flexibility index (Phi) is 11.3. The summed E-state index contributed by atoms with van der Waals surface area (Å²) in [6.07, 6.45) is 8.67. The minimum Gasteiger partial charge on any atom is -0.657 e. The summed E-state index contributed by atoms with van der Waals surface area (Å²) in [5.41, 5.74) is 22.8. The first-order valence-electron chi connectivity index (χ1n) is 23.5. The van der Waals surface area contributed by atoms with Gasteiger partial charge in [-0.15, -0.1) is 22.1 Å². The number of benzene rings is 4. The number of aromatic nitrogens is 4. The molecule has 1 aliphatic carbocycles. The van der Waals surface area contributed by atoms with E-state index in [-0.39, 0.29) is 38.7 Å². The molecule has 7 aromatic rings. The Morgan fingerprint density at radius 3 is 1.33 bits per heavy atom. The van der Waals surface area contributed by atoms with Crippen molar-refractivity contribution in [1.82, 2.24) is 19.9 Å². The molecule has 4 nitrogen and oxygen atoms in total. The zero-order valence-electron chi connectivity index (χ0n) is 40.9. The van der Waals surface area contributed by atoms with E-state index in [1.54, 1.807) is 0 Å². The molecule has 0 N–H and O–H groups in total. The minimum atomic E-state index is -0.0796. The van der Waals surface area contributed by atoms with E-state index >= 15 is 0 Å². The average molecular weight is 925 g/mol. The van der Waals surface area contributed by atoms with Crippen LogP contribution in [0.1, 0.15) is 150 Å². The number of hydrogen-bond acceptors (Lipinski definition) is 2. The van der Waals surface area contributed by atoms with Gasteiger partial charge in [-0.25, -0.2) is 9.97 Å². The SMILES string of the molecule is CC(C)(C)c1cc(-c2c3nc(c4c5[n-]c(cc5C(c5ccccc5)=C4c4ccccc4)c(-c4cc(C(C)(C)C)cc(C(C)(C)C)c4)c4nc(cc5ccc2[n-]5)C=C4)C=C3)cc(C(C)(C)C)c1.[Cu+2]. The van der Waals surface area contributed by atoms with Gasteiger partial charge >= 0.3 is 17.1 Å². The first kappa shape index (κ1) is 45.9. The third-order valence-electron chi connectivity index (χ3n) is 13.3. The quantitative estimate of drug-likeness (QED) is 0.165. The molecule has 3 aliphatic rings. The Morgan fingerprint density at radius 2 is 0.821 bits per heavy atom. The first-order chi connectivity index (χ1) is 31.2.